The Bertz CT molecular complexity index is 923. The number of ether oxygens (including phenoxy) is 1. The Morgan fingerprint density at radius 2 is 2.16 bits per heavy atom. The number of carbonyl (C=O) groups excluding carboxylic acids is 1. The Kier molecular flexibility index (Phi) is 4.76. The second-order valence-corrected chi connectivity index (χ2v) is 6.13. The maximum atomic E-state index is 11.7. The molecule has 3 aromatic rings. The number of nitrogens with one attached hydrogen (secondary N) is 1. The number of rotatable bonds is 6. The number of carbonyl (C=O) groups is 1. The van der Waals surface area contributed by atoms with E-state index in [-0.39, 0.29) is 6.10 Å². The first-order valence-corrected chi connectivity index (χ1v) is 8.16. The number of hydrogen-bond donors (Lipinski definition) is 2. The van der Waals surface area contributed by atoms with Gasteiger partial charge in [-0.25, -0.2) is 9.50 Å². The van der Waals surface area contributed by atoms with Gasteiger partial charge in [-0.05, 0) is 38.1 Å². The summed E-state index contributed by atoms with van der Waals surface area (Å²) in [5, 5.41) is 7.87. The molecule has 0 saturated heterocycles. The lowest BCUT2D eigenvalue weighted by atomic mass is 10.1. The number of halogens is 1. The summed E-state index contributed by atoms with van der Waals surface area (Å²) in [5.41, 5.74) is 7.97. The van der Waals surface area contributed by atoms with Crippen molar-refractivity contribution in [2.75, 3.05) is 5.32 Å². The van der Waals surface area contributed by atoms with Gasteiger partial charge < -0.3 is 15.8 Å². The van der Waals surface area contributed by atoms with Crippen LogP contribution in [-0.4, -0.2) is 26.6 Å². The number of hydrogen-bond acceptors (Lipinski definition) is 5. The monoisotopic (exact) mass is 359 g/mol. The van der Waals surface area contributed by atoms with Crippen LogP contribution >= 0.6 is 11.6 Å². The summed E-state index contributed by atoms with van der Waals surface area (Å²) in [4.78, 5) is 16.0. The predicted molar refractivity (Wildman–Crippen MR) is 96.0 cm³/mol. The van der Waals surface area contributed by atoms with E-state index in [1.54, 1.807) is 35.0 Å². The summed E-state index contributed by atoms with van der Waals surface area (Å²) >= 11 is 5.95. The minimum absolute atomic E-state index is 0.0997. The van der Waals surface area contributed by atoms with Crippen LogP contribution in [0.3, 0.4) is 0 Å². The van der Waals surface area contributed by atoms with Crippen molar-refractivity contribution in [3.63, 3.8) is 0 Å². The molecule has 0 fully saturated rings. The van der Waals surface area contributed by atoms with Crippen LogP contribution in [0.2, 0.25) is 5.15 Å². The molecule has 8 heteroatoms. The number of nitrogens with two attached hydrogens (primary N) is 1. The number of anilines is 1. The largest absolute Gasteiger partial charge is 0.488 e. The number of fused-ring (bicyclic) bond motifs is 1. The van der Waals surface area contributed by atoms with Crippen LogP contribution in [-0.2, 0) is 6.54 Å². The number of primary amides is 1. The van der Waals surface area contributed by atoms with Crippen LogP contribution < -0.4 is 15.8 Å². The van der Waals surface area contributed by atoms with Gasteiger partial charge in [-0.1, -0.05) is 17.7 Å². The molecule has 0 atom stereocenters. The number of aromatic nitrogens is 3. The molecule has 2 heterocycles. The minimum Gasteiger partial charge on any atom is -0.488 e. The molecular formula is C17H18ClN5O2. The van der Waals surface area contributed by atoms with Gasteiger partial charge in [-0.15, -0.1) is 0 Å². The molecule has 0 aliphatic heterocycles. The highest BCUT2D eigenvalue weighted by Crippen LogP contribution is 2.30. The first-order valence-electron chi connectivity index (χ1n) is 7.78. The van der Waals surface area contributed by atoms with Crippen molar-refractivity contribution in [3.05, 3.63) is 52.9 Å². The molecule has 3 rings (SSSR count). The molecule has 0 bridgehead atoms. The zero-order chi connectivity index (χ0) is 18.0. The van der Waals surface area contributed by atoms with Gasteiger partial charge in [0.1, 0.15) is 5.15 Å². The molecule has 1 aromatic carbocycles. The lowest BCUT2D eigenvalue weighted by Gasteiger charge is -2.17. The van der Waals surface area contributed by atoms with E-state index in [4.69, 9.17) is 22.1 Å². The van der Waals surface area contributed by atoms with Gasteiger partial charge in [-0.3, -0.25) is 4.79 Å². The van der Waals surface area contributed by atoms with Gasteiger partial charge >= 0.3 is 0 Å². The molecule has 0 aliphatic carbocycles. The minimum atomic E-state index is -0.539. The highest BCUT2D eigenvalue weighted by molar-refractivity contribution is 6.29. The number of benzene rings is 1. The van der Waals surface area contributed by atoms with Crippen LogP contribution in [0, 0.1) is 0 Å². The van der Waals surface area contributed by atoms with Gasteiger partial charge in [0.2, 0.25) is 0 Å². The lowest BCUT2D eigenvalue weighted by Crippen LogP contribution is -2.17. The van der Waals surface area contributed by atoms with Crippen LogP contribution in [0.15, 0.2) is 36.5 Å². The molecule has 1 amide bonds. The molecule has 0 radical (unpaired) electrons. The summed E-state index contributed by atoms with van der Waals surface area (Å²) in [5.74, 6) is -0.104. The van der Waals surface area contributed by atoms with Crippen LogP contribution in [0.1, 0.15) is 29.9 Å². The van der Waals surface area contributed by atoms with Crippen molar-refractivity contribution >= 4 is 28.8 Å². The third-order valence-electron chi connectivity index (χ3n) is 3.49. The second-order valence-electron chi connectivity index (χ2n) is 5.74. The predicted octanol–water partition coefficient (Wildman–Crippen LogP) is 2.88. The van der Waals surface area contributed by atoms with E-state index >= 15 is 0 Å². The SMILES string of the molecule is CC(C)Oc1c(NCc2cnc3ccc(Cl)nn23)cccc1C(N)=O. The third-order valence-corrected chi connectivity index (χ3v) is 3.70. The highest BCUT2D eigenvalue weighted by Gasteiger charge is 2.16. The Hall–Kier alpha value is -2.80. The zero-order valence-corrected chi connectivity index (χ0v) is 14.6. The van der Waals surface area contributed by atoms with E-state index in [1.807, 2.05) is 19.9 Å². The molecule has 7 nitrogen and oxygen atoms in total. The fourth-order valence-electron chi connectivity index (χ4n) is 2.44. The topological polar surface area (TPSA) is 94.5 Å². The Balaban J connectivity index is 1.90. The van der Waals surface area contributed by atoms with Gasteiger partial charge in [0.05, 0.1) is 35.8 Å². The summed E-state index contributed by atoms with van der Waals surface area (Å²) < 4.78 is 7.45. The molecule has 0 saturated carbocycles. The highest BCUT2D eigenvalue weighted by atomic mass is 35.5. The lowest BCUT2D eigenvalue weighted by molar-refractivity contribution is 0.0994. The molecule has 25 heavy (non-hydrogen) atoms. The smallest absolute Gasteiger partial charge is 0.252 e. The third kappa shape index (κ3) is 3.66. The fourth-order valence-corrected chi connectivity index (χ4v) is 2.58. The Morgan fingerprint density at radius 3 is 2.88 bits per heavy atom. The van der Waals surface area contributed by atoms with Crippen molar-refractivity contribution in [3.8, 4) is 5.75 Å². The van der Waals surface area contributed by atoms with Crippen LogP contribution in [0.4, 0.5) is 5.69 Å². The first-order chi connectivity index (χ1) is 12.0. The Morgan fingerprint density at radius 1 is 1.36 bits per heavy atom. The van der Waals surface area contributed by atoms with E-state index in [9.17, 15) is 4.79 Å². The summed E-state index contributed by atoms with van der Waals surface area (Å²) in [6.45, 7) is 4.20. The van der Waals surface area contributed by atoms with Crippen molar-refractivity contribution < 1.29 is 9.53 Å². The Labute approximate surface area is 149 Å². The maximum absolute atomic E-state index is 11.7. The normalized spacial score (nSPS) is 11.0. The molecule has 0 spiro atoms. The summed E-state index contributed by atoms with van der Waals surface area (Å²) in [6.07, 6.45) is 1.62. The van der Waals surface area contributed by atoms with E-state index in [1.165, 1.54) is 0 Å². The van der Waals surface area contributed by atoms with Crippen molar-refractivity contribution in [2.45, 2.75) is 26.5 Å². The van der Waals surface area contributed by atoms with Gasteiger partial charge in [0.25, 0.3) is 5.91 Å². The van der Waals surface area contributed by atoms with Crippen molar-refractivity contribution in [1.82, 2.24) is 14.6 Å². The van der Waals surface area contributed by atoms with Gasteiger partial charge in [0, 0.05) is 0 Å². The van der Waals surface area contributed by atoms with E-state index in [0.29, 0.717) is 34.3 Å². The molecular weight excluding hydrogens is 342 g/mol. The molecule has 2 aromatic heterocycles. The summed E-state index contributed by atoms with van der Waals surface area (Å²) in [7, 11) is 0. The average Bonchev–Trinajstić information content (AvgIpc) is 2.95. The molecule has 130 valence electrons. The van der Waals surface area contributed by atoms with Gasteiger partial charge in [-0.2, -0.15) is 5.10 Å². The zero-order valence-electron chi connectivity index (χ0n) is 13.9. The van der Waals surface area contributed by atoms with E-state index in [0.717, 1.165) is 5.69 Å². The standard InChI is InChI=1S/C17H18ClN5O2/c1-10(2)25-16-12(17(19)24)4-3-5-13(16)20-8-11-9-21-15-7-6-14(18)22-23(11)15/h3-7,9-10,20H,8H2,1-2H3,(H2,19,24). The molecule has 0 unspecified atom stereocenters. The van der Waals surface area contributed by atoms with E-state index < -0.39 is 5.91 Å². The van der Waals surface area contributed by atoms with Crippen molar-refractivity contribution in [1.29, 1.82) is 0 Å². The number of nitrogens with zero attached hydrogens (tertiary/aromatic N) is 3. The van der Waals surface area contributed by atoms with Crippen LogP contribution in [0.25, 0.3) is 5.65 Å². The number of amides is 1. The second kappa shape index (κ2) is 6.98. The van der Waals surface area contributed by atoms with Crippen LogP contribution in [0.5, 0.6) is 5.75 Å². The van der Waals surface area contributed by atoms with E-state index in [2.05, 4.69) is 15.4 Å². The number of imidazole rings is 1. The average molecular weight is 360 g/mol. The fraction of sp³-hybridized carbons (Fsp3) is 0.235. The summed E-state index contributed by atoms with van der Waals surface area (Å²) in [6, 6.07) is 8.69. The first kappa shape index (κ1) is 17.0. The maximum Gasteiger partial charge on any atom is 0.252 e. The number of para-hydroxylation sites is 1. The quantitative estimate of drug-likeness (QED) is 0.705. The molecule has 3 N–H and O–H groups in total. The van der Waals surface area contributed by atoms with Gasteiger partial charge in [0.15, 0.2) is 11.4 Å². The van der Waals surface area contributed by atoms with Crippen molar-refractivity contribution in [2.24, 2.45) is 5.73 Å². The molecule has 0 aliphatic rings.